The number of carbonyl (C=O) groups excluding carboxylic acids is 1. The van der Waals surface area contributed by atoms with Gasteiger partial charge in [0.2, 0.25) is 5.69 Å². The van der Waals surface area contributed by atoms with Gasteiger partial charge in [-0.25, -0.2) is 19.8 Å². The smallest absolute Gasteiger partial charge is 0.347 e. The molecule has 0 bridgehead atoms. The number of benzene rings is 1. The van der Waals surface area contributed by atoms with Crippen molar-refractivity contribution >= 4 is 44.8 Å². The van der Waals surface area contributed by atoms with Crippen molar-refractivity contribution in [1.82, 2.24) is 24.8 Å². The summed E-state index contributed by atoms with van der Waals surface area (Å²) in [7, 11) is 1.73. The summed E-state index contributed by atoms with van der Waals surface area (Å²) in [6.45, 7) is 9.12. The molecule has 3 heterocycles. The molecule has 0 fully saturated rings. The second-order valence-corrected chi connectivity index (χ2v) is 8.18. The summed E-state index contributed by atoms with van der Waals surface area (Å²) in [5.74, 6) is -0.461. The van der Waals surface area contributed by atoms with E-state index in [1.165, 1.54) is 29.8 Å². The summed E-state index contributed by atoms with van der Waals surface area (Å²) in [4.78, 5) is 29.5. The Labute approximate surface area is 189 Å². The standard InChI is InChI=1S/C21H16F3N7OS/c1-11(29-19(32)17-16-14(25-2)9-31(3)18(16)28-10-27-17)15-8-26-20(33-15)30-13-6-4-12(5-7-13)21(22,23)24/h4-11H,1,3H3,(H,26,30)(H,29,32). The monoisotopic (exact) mass is 471 g/mol. The Balaban J connectivity index is 1.48. The molecular weight excluding hydrogens is 455 g/mol. The van der Waals surface area contributed by atoms with Crippen LogP contribution < -0.4 is 10.6 Å². The number of nitrogens with zero attached hydrogens (tertiary/aromatic N) is 5. The molecule has 4 rings (SSSR count). The molecule has 2 N–H and O–H groups in total. The largest absolute Gasteiger partial charge is 0.416 e. The van der Waals surface area contributed by atoms with Gasteiger partial charge in [0.05, 0.1) is 23.6 Å². The highest BCUT2D eigenvalue weighted by atomic mass is 32.1. The molecule has 0 aliphatic carbocycles. The van der Waals surface area contributed by atoms with Gasteiger partial charge in [-0.3, -0.25) is 4.79 Å². The van der Waals surface area contributed by atoms with Crippen LogP contribution in [0.15, 0.2) is 43.0 Å². The Kier molecular flexibility index (Phi) is 5.73. The predicted molar refractivity (Wildman–Crippen MR) is 117 cm³/mol. The fraction of sp³-hybridized carbons (Fsp3) is 0.190. The van der Waals surface area contributed by atoms with Gasteiger partial charge in [-0.15, -0.1) is 0 Å². The third kappa shape index (κ3) is 4.49. The number of aromatic nitrogens is 4. The van der Waals surface area contributed by atoms with Gasteiger partial charge in [0, 0.05) is 30.0 Å². The van der Waals surface area contributed by atoms with Crippen molar-refractivity contribution in [3.05, 3.63) is 70.5 Å². The average molecular weight is 471 g/mol. The van der Waals surface area contributed by atoms with Crippen LogP contribution in [0.25, 0.3) is 15.9 Å². The van der Waals surface area contributed by atoms with Gasteiger partial charge in [0.15, 0.2) is 5.13 Å². The van der Waals surface area contributed by atoms with Gasteiger partial charge < -0.3 is 15.2 Å². The number of hydrogen-bond donors (Lipinski definition) is 2. The molecule has 0 aliphatic heterocycles. The lowest BCUT2D eigenvalue weighted by Gasteiger charge is -2.12. The highest BCUT2D eigenvalue weighted by Gasteiger charge is 2.30. The maximum absolute atomic E-state index is 12.9. The first-order valence-electron chi connectivity index (χ1n) is 9.55. The fourth-order valence-electron chi connectivity index (χ4n) is 3.19. The van der Waals surface area contributed by atoms with Crippen LogP contribution in [0.5, 0.6) is 0 Å². The van der Waals surface area contributed by atoms with Gasteiger partial charge in [0.25, 0.3) is 5.91 Å². The number of amides is 1. The van der Waals surface area contributed by atoms with E-state index in [9.17, 15) is 18.0 Å². The van der Waals surface area contributed by atoms with E-state index in [1.807, 2.05) is 0 Å². The third-order valence-corrected chi connectivity index (χ3v) is 5.93. The zero-order valence-electron chi connectivity index (χ0n) is 17.3. The Morgan fingerprint density at radius 1 is 1.21 bits per heavy atom. The van der Waals surface area contributed by atoms with Gasteiger partial charge in [-0.2, -0.15) is 13.2 Å². The van der Waals surface area contributed by atoms with Crippen LogP contribution in [0.4, 0.5) is 29.7 Å². The van der Waals surface area contributed by atoms with E-state index >= 15 is 0 Å². The quantitative estimate of drug-likeness (QED) is 0.389. The fourth-order valence-corrected chi connectivity index (χ4v) is 4.03. The molecule has 1 aromatic carbocycles. The number of fused-ring (bicyclic) bond motifs is 1. The van der Waals surface area contributed by atoms with Crippen LogP contribution in [0.2, 0.25) is 0 Å². The van der Waals surface area contributed by atoms with Crippen molar-refractivity contribution in [2.24, 2.45) is 7.05 Å². The van der Waals surface area contributed by atoms with E-state index in [0.717, 1.165) is 17.0 Å². The lowest BCUT2D eigenvalue weighted by molar-refractivity contribution is -0.137. The number of rotatable bonds is 5. The van der Waals surface area contributed by atoms with Crippen LogP contribution in [-0.2, 0) is 13.2 Å². The summed E-state index contributed by atoms with van der Waals surface area (Å²) < 4.78 is 39.8. The first kappa shape index (κ1) is 22.2. The Morgan fingerprint density at radius 2 is 1.94 bits per heavy atom. The van der Waals surface area contributed by atoms with Crippen molar-refractivity contribution in [2.75, 3.05) is 5.32 Å². The number of halogens is 3. The highest BCUT2D eigenvalue weighted by Crippen LogP contribution is 2.32. The minimum absolute atomic E-state index is 0.103. The maximum atomic E-state index is 12.9. The number of thiazole rings is 1. The van der Waals surface area contributed by atoms with Crippen LogP contribution >= 0.6 is 11.3 Å². The predicted octanol–water partition coefficient (Wildman–Crippen LogP) is 5.23. The van der Waals surface area contributed by atoms with Crippen molar-refractivity contribution in [3.63, 3.8) is 0 Å². The minimum Gasteiger partial charge on any atom is -0.347 e. The second kappa shape index (κ2) is 8.51. The van der Waals surface area contributed by atoms with E-state index in [2.05, 4.69) is 30.4 Å². The number of alkyl halides is 3. The minimum atomic E-state index is -4.40. The molecule has 33 heavy (non-hydrogen) atoms. The molecule has 0 saturated heterocycles. The van der Waals surface area contributed by atoms with Crippen LogP contribution in [0.3, 0.4) is 0 Å². The molecule has 168 valence electrons. The van der Waals surface area contributed by atoms with E-state index in [1.54, 1.807) is 30.9 Å². The number of hydrogen-bond acceptors (Lipinski definition) is 6. The number of anilines is 2. The van der Waals surface area contributed by atoms with E-state index in [4.69, 9.17) is 6.57 Å². The van der Waals surface area contributed by atoms with Crippen molar-refractivity contribution in [3.8, 4) is 0 Å². The topological polar surface area (TPSA) is 89.1 Å². The lowest BCUT2D eigenvalue weighted by atomic mass is 10.2. The molecule has 0 spiro atoms. The Hall–Kier alpha value is -3.98. The van der Waals surface area contributed by atoms with Crippen LogP contribution in [0, 0.1) is 6.57 Å². The zero-order chi connectivity index (χ0) is 23.8. The second-order valence-electron chi connectivity index (χ2n) is 7.12. The van der Waals surface area contributed by atoms with Gasteiger partial charge in [-0.05, 0) is 31.2 Å². The number of carbonyl (C=O) groups is 1. The summed E-state index contributed by atoms with van der Waals surface area (Å²) in [6, 6.07) is 4.20. The molecule has 4 aromatic rings. The SMILES string of the molecule is [C-]#[N+]c1cn(C)c2ncnc(C(=O)NC(C)c3cnc(Nc4ccc(C(F)(F)F)cc4)s3)c12. The molecule has 0 radical (unpaired) electrons. The zero-order valence-corrected chi connectivity index (χ0v) is 18.1. The Morgan fingerprint density at radius 3 is 2.61 bits per heavy atom. The van der Waals surface area contributed by atoms with Crippen molar-refractivity contribution in [2.45, 2.75) is 19.1 Å². The molecule has 1 atom stereocenters. The third-order valence-electron chi connectivity index (χ3n) is 4.83. The molecule has 1 amide bonds. The van der Waals surface area contributed by atoms with Gasteiger partial charge in [-0.1, -0.05) is 11.3 Å². The molecular formula is C21H16F3N7OS. The van der Waals surface area contributed by atoms with Gasteiger partial charge in [0.1, 0.15) is 17.7 Å². The molecule has 3 aromatic heterocycles. The molecule has 0 saturated carbocycles. The van der Waals surface area contributed by atoms with E-state index in [-0.39, 0.29) is 11.4 Å². The summed E-state index contributed by atoms with van der Waals surface area (Å²) in [6.07, 6.45) is 0.0408. The number of aryl methyl sites for hydroxylation is 1. The molecule has 1 unspecified atom stereocenters. The van der Waals surface area contributed by atoms with Crippen LogP contribution in [-0.4, -0.2) is 25.4 Å². The normalized spacial score (nSPS) is 12.4. The maximum Gasteiger partial charge on any atom is 0.416 e. The number of nitrogens with one attached hydrogen (secondary N) is 2. The van der Waals surface area contributed by atoms with Gasteiger partial charge >= 0.3 is 6.18 Å². The molecule has 8 nitrogen and oxygen atoms in total. The van der Waals surface area contributed by atoms with E-state index in [0.29, 0.717) is 21.9 Å². The van der Waals surface area contributed by atoms with E-state index < -0.39 is 23.7 Å². The first-order chi connectivity index (χ1) is 15.7. The summed E-state index contributed by atoms with van der Waals surface area (Å²) in [5.41, 5.74) is 0.593. The highest BCUT2D eigenvalue weighted by molar-refractivity contribution is 7.15. The summed E-state index contributed by atoms with van der Waals surface area (Å²) >= 11 is 1.25. The Bertz CT molecular complexity index is 1370. The van der Waals surface area contributed by atoms with Crippen molar-refractivity contribution < 1.29 is 18.0 Å². The molecule has 12 heteroatoms. The first-order valence-corrected chi connectivity index (χ1v) is 10.4. The van der Waals surface area contributed by atoms with Crippen molar-refractivity contribution in [1.29, 1.82) is 0 Å². The summed E-state index contributed by atoms with van der Waals surface area (Å²) in [5, 5.41) is 6.65. The lowest BCUT2D eigenvalue weighted by Crippen LogP contribution is -2.27. The molecule has 0 aliphatic rings. The average Bonchev–Trinajstić information content (AvgIpc) is 3.38. The van der Waals surface area contributed by atoms with Crippen LogP contribution in [0.1, 0.15) is 33.9 Å².